The Morgan fingerprint density at radius 3 is 2.82 bits per heavy atom. The number of carbonyl (C=O) groups is 1. The standard InChI is InChI=1S/C11H14N2O4/c1-13-4-7-2-9-10(17-6-16-9)3-8(7)15-5-11(12)14/h2-3,13H,4-6H2,1H3,(H2,12,14). The number of hydrogen-bond donors (Lipinski definition) is 2. The summed E-state index contributed by atoms with van der Waals surface area (Å²) in [5.74, 6) is 1.35. The van der Waals surface area contributed by atoms with E-state index in [4.69, 9.17) is 19.9 Å². The number of hydrogen-bond acceptors (Lipinski definition) is 5. The number of fused-ring (bicyclic) bond motifs is 1. The van der Waals surface area contributed by atoms with Crippen LogP contribution in [0.4, 0.5) is 0 Å². The fourth-order valence-electron chi connectivity index (χ4n) is 1.58. The van der Waals surface area contributed by atoms with Crippen LogP contribution < -0.4 is 25.3 Å². The SMILES string of the molecule is CNCc1cc2c(cc1OCC(N)=O)OCO2. The third-order valence-corrected chi connectivity index (χ3v) is 2.29. The smallest absolute Gasteiger partial charge is 0.255 e. The maximum atomic E-state index is 10.7. The summed E-state index contributed by atoms with van der Waals surface area (Å²) >= 11 is 0. The van der Waals surface area contributed by atoms with E-state index in [0.717, 1.165) is 5.56 Å². The van der Waals surface area contributed by atoms with Gasteiger partial charge in [-0.3, -0.25) is 4.79 Å². The van der Waals surface area contributed by atoms with Crippen LogP contribution >= 0.6 is 0 Å². The maximum Gasteiger partial charge on any atom is 0.255 e. The lowest BCUT2D eigenvalue weighted by atomic mass is 10.1. The van der Waals surface area contributed by atoms with Crippen molar-refractivity contribution >= 4 is 5.91 Å². The number of benzene rings is 1. The van der Waals surface area contributed by atoms with Crippen molar-refractivity contribution in [1.82, 2.24) is 5.32 Å². The summed E-state index contributed by atoms with van der Waals surface area (Å²) in [5.41, 5.74) is 5.93. The van der Waals surface area contributed by atoms with E-state index in [1.807, 2.05) is 13.1 Å². The zero-order valence-electron chi connectivity index (χ0n) is 9.49. The molecule has 92 valence electrons. The van der Waals surface area contributed by atoms with E-state index < -0.39 is 5.91 Å². The molecule has 2 rings (SSSR count). The quantitative estimate of drug-likeness (QED) is 0.754. The van der Waals surface area contributed by atoms with Crippen LogP contribution in [0.1, 0.15) is 5.56 Å². The number of primary amides is 1. The zero-order valence-corrected chi connectivity index (χ0v) is 9.49. The molecule has 17 heavy (non-hydrogen) atoms. The Kier molecular flexibility index (Phi) is 3.34. The van der Waals surface area contributed by atoms with Crippen molar-refractivity contribution in [3.8, 4) is 17.2 Å². The first kappa shape index (κ1) is 11.5. The minimum Gasteiger partial charge on any atom is -0.483 e. The third-order valence-electron chi connectivity index (χ3n) is 2.29. The van der Waals surface area contributed by atoms with Crippen molar-refractivity contribution in [2.75, 3.05) is 20.4 Å². The molecule has 0 saturated carbocycles. The summed E-state index contributed by atoms with van der Waals surface area (Å²) in [5, 5.41) is 3.01. The van der Waals surface area contributed by atoms with Gasteiger partial charge in [0.1, 0.15) is 5.75 Å². The maximum absolute atomic E-state index is 10.7. The monoisotopic (exact) mass is 238 g/mol. The van der Waals surface area contributed by atoms with E-state index in [-0.39, 0.29) is 13.4 Å². The van der Waals surface area contributed by atoms with Crippen LogP contribution in [0.25, 0.3) is 0 Å². The molecular formula is C11H14N2O4. The molecule has 1 aromatic rings. The summed E-state index contributed by atoms with van der Waals surface area (Å²) in [4.78, 5) is 10.7. The van der Waals surface area contributed by atoms with Crippen LogP contribution in [-0.4, -0.2) is 26.4 Å². The van der Waals surface area contributed by atoms with Gasteiger partial charge in [-0.1, -0.05) is 0 Å². The van der Waals surface area contributed by atoms with Crippen molar-refractivity contribution in [1.29, 1.82) is 0 Å². The minimum absolute atomic E-state index is 0.156. The van der Waals surface area contributed by atoms with E-state index in [9.17, 15) is 4.79 Å². The second-order valence-electron chi connectivity index (χ2n) is 3.60. The Morgan fingerprint density at radius 1 is 1.47 bits per heavy atom. The van der Waals surface area contributed by atoms with E-state index in [0.29, 0.717) is 23.8 Å². The van der Waals surface area contributed by atoms with E-state index in [1.54, 1.807) is 6.07 Å². The van der Waals surface area contributed by atoms with E-state index in [1.165, 1.54) is 0 Å². The normalized spacial score (nSPS) is 12.5. The molecule has 1 aromatic carbocycles. The minimum atomic E-state index is -0.516. The summed E-state index contributed by atoms with van der Waals surface area (Å²) in [6.07, 6.45) is 0. The molecule has 0 aliphatic carbocycles. The Labute approximate surface area is 98.6 Å². The van der Waals surface area contributed by atoms with Gasteiger partial charge in [-0.05, 0) is 13.1 Å². The van der Waals surface area contributed by atoms with Gasteiger partial charge in [0, 0.05) is 18.2 Å². The van der Waals surface area contributed by atoms with Gasteiger partial charge in [0.05, 0.1) is 0 Å². The highest BCUT2D eigenvalue weighted by Crippen LogP contribution is 2.38. The highest BCUT2D eigenvalue weighted by atomic mass is 16.7. The number of ether oxygens (including phenoxy) is 3. The summed E-state index contributed by atoms with van der Waals surface area (Å²) in [6, 6.07) is 3.53. The second kappa shape index (κ2) is 4.92. The number of rotatable bonds is 5. The van der Waals surface area contributed by atoms with Gasteiger partial charge in [-0.15, -0.1) is 0 Å². The Balaban J connectivity index is 2.24. The molecule has 0 unspecified atom stereocenters. The Hall–Kier alpha value is -1.95. The Morgan fingerprint density at radius 2 is 2.18 bits per heavy atom. The lowest BCUT2D eigenvalue weighted by Crippen LogP contribution is -2.20. The first-order valence-corrected chi connectivity index (χ1v) is 5.19. The van der Waals surface area contributed by atoms with Crippen LogP contribution in [0, 0.1) is 0 Å². The number of amides is 1. The van der Waals surface area contributed by atoms with Crippen molar-refractivity contribution in [2.45, 2.75) is 6.54 Å². The van der Waals surface area contributed by atoms with Gasteiger partial charge in [-0.2, -0.15) is 0 Å². The zero-order chi connectivity index (χ0) is 12.3. The second-order valence-corrected chi connectivity index (χ2v) is 3.60. The fourth-order valence-corrected chi connectivity index (χ4v) is 1.58. The highest BCUT2D eigenvalue weighted by molar-refractivity contribution is 5.75. The average molecular weight is 238 g/mol. The van der Waals surface area contributed by atoms with Gasteiger partial charge < -0.3 is 25.3 Å². The van der Waals surface area contributed by atoms with Crippen molar-refractivity contribution in [3.05, 3.63) is 17.7 Å². The topological polar surface area (TPSA) is 82.8 Å². The lowest BCUT2D eigenvalue weighted by molar-refractivity contribution is -0.119. The molecule has 1 amide bonds. The van der Waals surface area contributed by atoms with Gasteiger partial charge >= 0.3 is 0 Å². The van der Waals surface area contributed by atoms with Crippen molar-refractivity contribution in [2.24, 2.45) is 5.73 Å². The molecule has 1 aliphatic heterocycles. The average Bonchev–Trinajstić information content (AvgIpc) is 2.73. The molecule has 0 spiro atoms. The van der Waals surface area contributed by atoms with Crippen molar-refractivity contribution in [3.63, 3.8) is 0 Å². The molecule has 3 N–H and O–H groups in total. The lowest BCUT2D eigenvalue weighted by Gasteiger charge is -2.11. The summed E-state index contributed by atoms with van der Waals surface area (Å²) in [7, 11) is 1.82. The molecular weight excluding hydrogens is 224 g/mol. The molecule has 0 saturated heterocycles. The summed E-state index contributed by atoms with van der Waals surface area (Å²) < 4.78 is 15.8. The van der Waals surface area contributed by atoms with Gasteiger partial charge in [0.25, 0.3) is 5.91 Å². The molecule has 0 atom stereocenters. The molecule has 0 radical (unpaired) electrons. The predicted molar refractivity (Wildman–Crippen MR) is 60.0 cm³/mol. The number of carbonyl (C=O) groups excluding carboxylic acids is 1. The van der Waals surface area contributed by atoms with Gasteiger partial charge in [-0.25, -0.2) is 0 Å². The van der Waals surface area contributed by atoms with Crippen LogP contribution in [0.3, 0.4) is 0 Å². The fraction of sp³-hybridized carbons (Fsp3) is 0.364. The predicted octanol–water partition coefficient (Wildman–Crippen LogP) is -0.00120. The molecule has 0 aromatic heterocycles. The third kappa shape index (κ3) is 2.59. The molecule has 0 bridgehead atoms. The molecule has 1 heterocycles. The van der Waals surface area contributed by atoms with Crippen LogP contribution in [0.15, 0.2) is 12.1 Å². The molecule has 6 heteroatoms. The van der Waals surface area contributed by atoms with E-state index >= 15 is 0 Å². The molecule has 0 fully saturated rings. The van der Waals surface area contributed by atoms with Gasteiger partial charge in [0.2, 0.25) is 6.79 Å². The van der Waals surface area contributed by atoms with Crippen molar-refractivity contribution < 1.29 is 19.0 Å². The highest BCUT2D eigenvalue weighted by Gasteiger charge is 2.18. The number of nitrogens with one attached hydrogen (secondary N) is 1. The first-order chi connectivity index (χ1) is 8.20. The van der Waals surface area contributed by atoms with Crippen LogP contribution in [0.5, 0.6) is 17.2 Å². The Bertz CT molecular complexity index is 434. The van der Waals surface area contributed by atoms with Gasteiger partial charge in [0.15, 0.2) is 18.1 Å². The largest absolute Gasteiger partial charge is 0.483 e. The summed E-state index contributed by atoms with van der Waals surface area (Å²) in [6.45, 7) is 0.648. The molecule has 1 aliphatic rings. The molecule has 6 nitrogen and oxygen atoms in total. The number of nitrogens with two attached hydrogens (primary N) is 1. The van der Waals surface area contributed by atoms with Crippen LogP contribution in [-0.2, 0) is 11.3 Å². The first-order valence-electron chi connectivity index (χ1n) is 5.19. The van der Waals surface area contributed by atoms with Crippen LogP contribution in [0.2, 0.25) is 0 Å². The van der Waals surface area contributed by atoms with E-state index in [2.05, 4.69) is 5.32 Å².